The van der Waals surface area contributed by atoms with Crippen LogP contribution in [0.25, 0.3) is 0 Å². The quantitative estimate of drug-likeness (QED) is 0.811. The molecule has 0 aliphatic carbocycles. The van der Waals surface area contributed by atoms with Gasteiger partial charge in [-0.1, -0.05) is 43.1 Å². The van der Waals surface area contributed by atoms with Gasteiger partial charge in [0.15, 0.2) is 0 Å². The van der Waals surface area contributed by atoms with Crippen LogP contribution in [0.5, 0.6) is 0 Å². The van der Waals surface area contributed by atoms with Crippen molar-refractivity contribution in [1.82, 2.24) is 0 Å². The fraction of sp³-hybridized carbons (Fsp3) is 0.429. The first-order chi connectivity index (χ1) is 9.73. The highest BCUT2D eigenvalue weighted by Crippen LogP contribution is 2.33. The van der Waals surface area contributed by atoms with E-state index in [1.54, 1.807) is 26.0 Å². The number of hydrogen-bond acceptors (Lipinski definition) is 3. The highest BCUT2D eigenvalue weighted by atomic mass is 35.5. The van der Waals surface area contributed by atoms with Crippen LogP contribution in [0.2, 0.25) is 10.0 Å². The summed E-state index contributed by atoms with van der Waals surface area (Å²) >= 11 is 13.2. The number of carboxylic acids is 1. The van der Waals surface area contributed by atoms with Crippen molar-refractivity contribution in [1.29, 1.82) is 0 Å². The van der Waals surface area contributed by atoms with Crippen LogP contribution in [-0.2, 0) is 9.59 Å². The lowest BCUT2D eigenvalue weighted by atomic mass is 10.1. The second-order valence-electron chi connectivity index (χ2n) is 4.92. The van der Waals surface area contributed by atoms with Crippen molar-refractivity contribution in [3.63, 3.8) is 0 Å². The molecule has 1 unspecified atom stereocenters. The number of carbonyl (C=O) groups excluding carboxylic acids is 1. The van der Waals surface area contributed by atoms with Crippen LogP contribution >= 0.6 is 35.0 Å². The van der Waals surface area contributed by atoms with Crippen LogP contribution in [0.15, 0.2) is 12.1 Å². The molecule has 1 aromatic rings. The Bertz CT molecular complexity index is 549. The van der Waals surface area contributed by atoms with Crippen molar-refractivity contribution in [2.24, 2.45) is 5.92 Å². The van der Waals surface area contributed by atoms with Gasteiger partial charge >= 0.3 is 5.97 Å². The maximum atomic E-state index is 11.9. The Kier molecular flexibility index (Phi) is 6.84. The Labute approximate surface area is 138 Å². The summed E-state index contributed by atoms with van der Waals surface area (Å²) in [5.74, 6) is -1.29. The largest absolute Gasteiger partial charge is 0.480 e. The van der Waals surface area contributed by atoms with E-state index in [9.17, 15) is 9.59 Å². The fourth-order valence-corrected chi connectivity index (χ4v) is 3.06. The van der Waals surface area contributed by atoms with Gasteiger partial charge in [-0.15, -0.1) is 11.8 Å². The smallest absolute Gasteiger partial charge is 0.316 e. The standard InChI is InChI=1S/C14H17Cl2NO3S/c1-7(2)13(14(19)20)21-6-10(18)17-12-9(15)5-4-8(3)11(12)16/h4-5,7,13H,6H2,1-3H3,(H,17,18)(H,19,20). The summed E-state index contributed by atoms with van der Waals surface area (Å²) < 4.78 is 0. The van der Waals surface area contributed by atoms with Gasteiger partial charge < -0.3 is 10.4 Å². The third-order valence-corrected chi connectivity index (χ3v) is 5.13. The average molecular weight is 350 g/mol. The summed E-state index contributed by atoms with van der Waals surface area (Å²) in [7, 11) is 0. The average Bonchev–Trinajstić information content (AvgIpc) is 2.38. The second-order valence-corrected chi connectivity index (χ2v) is 6.83. The summed E-state index contributed by atoms with van der Waals surface area (Å²) in [5, 5.41) is 11.8. The first-order valence-electron chi connectivity index (χ1n) is 6.33. The Morgan fingerprint density at radius 2 is 1.95 bits per heavy atom. The molecule has 0 aliphatic heterocycles. The number of amides is 1. The number of carbonyl (C=O) groups is 2. The van der Waals surface area contributed by atoms with Crippen LogP contribution in [0, 0.1) is 12.8 Å². The molecule has 116 valence electrons. The van der Waals surface area contributed by atoms with Gasteiger partial charge in [-0.25, -0.2) is 0 Å². The normalized spacial score (nSPS) is 12.3. The van der Waals surface area contributed by atoms with Gasteiger partial charge in [-0.05, 0) is 24.5 Å². The van der Waals surface area contributed by atoms with Crippen LogP contribution in [-0.4, -0.2) is 28.0 Å². The molecule has 1 atom stereocenters. The lowest BCUT2D eigenvalue weighted by molar-refractivity contribution is -0.137. The van der Waals surface area contributed by atoms with E-state index >= 15 is 0 Å². The molecule has 0 aliphatic rings. The van der Waals surface area contributed by atoms with Gasteiger partial charge in [0.25, 0.3) is 0 Å². The van der Waals surface area contributed by atoms with E-state index in [0.29, 0.717) is 15.7 Å². The van der Waals surface area contributed by atoms with Crippen molar-refractivity contribution in [3.05, 3.63) is 27.7 Å². The molecule has 7 heteroatoms. The molecule has 0 heterocycles. The van der Waals surface area contributed by atoms with Crippen molar-refractivity contribution in [2.75, 3.05) is 11.1 Å². The molecule has 1 amide bonds. The van der Waals surface area contributed by atoms with Crippen molar-refractivity contribution in [3.8, 4) is 0 Å². The summed E-state index contributed by atoms with van der Waals surface area (Å²) in [6.45, 7) is 5.41. The van der Waals surface area contributed by atoms with Crippen molar-refractivity contribution < 1.29 is 14.7 Å². The number of thioether (sulfide) groups is 1. The molecule has 0 radical (unpaired) electrons. The molecule has 0 fully saturated rings. The predicted molar refractivity (Wildman–Crippen MR) is 88.5 cm³/mol. The number of rotatable bonds is 6. The van der Waals surface area contributed by atoms with E-state index in [4.69, 9.17) is 28.3 Å². The molecule has 4 nitrogen and oxygen atoms in total. The van der Waals surface area contributed by atoms with Crippen molar-refractivity contribution >= 4 is 52.5 Å². The lowest BCUT2D eigenvalue weighted by Gasteiger charge is -2.16. The number of aryl methyl sites for hydroxylation is 1. The minimum atomic E-state index is -0.922. The van der Waals surface area contributed by atoms with E-state index in [2.05, 4.69) is 5.32 Å². The number of aliphatic carboxylic acids is 1. The zero-order chi connectivity index (χ0) is 16.2. The maximum absolute atomic E-state index is 11.9. The second kappa shape index (κ2) is 7.92. The monoisotopic (exact) mass is 349 g/mol. The van der Waals surface area contributed by atoms with Gasteiger partial charge in [0, 0.05) is 0 Å². The van der Waals surface area contributed by atoms with Gasteiger partial charge in [-0.2, -0.15) is 0 Å². The fourth-order valence-electron chi connectivity index (χ4n) is 1.66. The summed E-state index contributed by atoms with van der Waals surface area (Å²) in [4.78, 5) is 23.0. The summed E-state index contributed by atoms with van der Waals surface area (Å²) in [5.41, 5.74) is 1.16. The van der Waals surface area contributed by atoms with E-state index in [-0.39, 0.29) is 17.6 Å². The molecular formula is C14H17Cl2NO3S. The molecule has 1 rings (SSSR count). The maximum Gasteiger partial charge on any atom is 0.316 e. The first kappa shape index (κ1) is 18.1. The molecule has 0 saturated carbocycles. The summed E-state index contributed by atoms with van der Waals surface area (Å²) in [6, 6.07) is 3.41. The highest BCUT2D eigenvalue weighted by Gasteiger charge is 2.23. The molecular weight excluding hydrogens is 333 g/mol. The van der Waals surface area contributed by atoms with Crippen LogP contribution in [0.4, 0.5) is 5.69 Å². The molecule has 0 aromatic heterocycles. The van der Waals surface area contributed by atoms with Crippen LogP contribution in [0.3, 0.4) is 0 Å². The molecule has 21 heavy (non-hydrogen) atoms. The highest BCUT2D eigenvalue weighted by molar-refractivity contribution is 8.01. The third-order valence-electron chi connectivity index (χ3n) is 2.79. The van der Waals surface area contributed by atoms with Gasteiger partial charge in [-0.3, -0.25) is 9.59 Å². The van der Waals surface area contributed by atoms with Gasteiger partial charge in [0.05, 0.1) is 21.5 Å². The number of anilines is 1. The third kappa shape index (κ3) is 5.09. The lowest BCUT2D eigenvalue weighted by Crippen LogP contribution is -2.25. The Hall–Kier alpha value is -0.910. The molecule has 1 aromatic carbocycles. The number of benzene rings is 1. The first-order valence-corrected chi connectivity index (χ1v) is 8.13. The molecule has 0 bridgehead atoms. The zero-order valence-corrected chi connectivity index (χ0v) is 14.3. The molecule has 2 N–H and O–H groups in total. The number of carboxylic acid groups (broad SMARTS) is 1. The van der Waals surface area contributed by atoms with E-state index in [1.165, 1.54) is 0 Å². The number of nitrogens with one attached hydrogen (secondary N) is 1. The predicted octanol–water partition coefficient (Wildman–Crippen LogP) is 4.08. The topological polar surface area (TPSA) is 66.4 Å². The van der Waals surface area contributed by atoms with E-state index in [1.807, 2.05) is 6.92 Å². The van der Waals surface area contributed by atoms with Gasteiger partial charge in [0.2, 0.25) is 5.91 Å². The van der Waals surface area contributed by atoms with Crippen LogP contribution in [0.1, 0.15) is 19.4 Å². The van der Waals surface area contributed by atoms with E-state index < -0.39 is 11.2 Å². The number of hydrogen-bond donors (Lipinski definition) is 2. The minimum Gasteiger partial charge on any atom is -0.480 e. The SMILES string of the molecule is Cc1ccc(Cl)c(NC(=O)CSC(C(=O)O)C(C)C)c1Cl. The Morgan fingerprint density at radius 3 is 2.48 bits per heavy atom. The zero-order valence-electron chi connectivity index (χ0n) is 11.9. The molecule has 0 saturated heterocycles. The Balaban J connectivity index is 2.71. The van der Waals surface area contributed by atoms with E-state index in [0.717, 1.165) is 17.3 Å². The summed E-state index contributed by atoms with van der Waals surface area (Å²) in [6.07, 6.45) is 0. The van der Waals surface area contributed by atoms with Gasteiger partial charge in [0.1, 0.15) is 5.25 Å². The minimum absolute atomic E-state index is 0.0236. The molecule has 0 spiro atoms. The van der Waals surface area contributed by atoms with Crippen molar-refractivity contribution in [2.45, 2.75) is 26.0 Å². The number of halogens is 2. The van der Waals surface area contributed by atoms with Crippen LogP contribution < -0.4 is 5.32 Å². The Morgan fingerprint density at radius 1 is 1.33 bits per heavy atom.